The van der Waals surface area contributed by atoms with E-state index in [2.05, 4.69) is 4.99 Å². The van der Waals surface area contributed by atoms with Crippen LogP contribution in [0.25, 0.3) is 0 Å². The summed E-state index contributed by atoms with van der Waals surface area (Å²) in [5.74, 6) is 0. The van der Waals surface area contributed by atoms with Crippen LogP contribution in [0.2, 0.25) is 0 Å². The highest BCUT2D eigenvalue weighted by Crippen LogP contribution is 2.29. The summed E-state index contributed by atoms with van der Waals surface area (Å²) in [5.41, 5.74) is 0. The van der Waals surface area contributed by atoms with Crippen molar-refractivity contribution >= 4 is 6.21 Å². The summed E-state index contributed by atoms with van der Waals surface area (Å²) in [7, 11) is 0. The van der Waals surface area contributed by atoms with Crippen LogP contribution in [-0.4, -0.2) is 18.5 Å². The van der Waals surface area contributed by atoms with Gasteiger partial charge in [0.1, 0.15) is 6.10 Å². The average molecular weight is 111 g/mol. The first kappa shape index (κ1) is 4.50. The largest absolute Gasteiger partial charge is 0.346 e. The molecule has 0 aromatic heterocycles. The summed E-state index contributed by atoms with van der Waals surface area (Å²) in [6.45, 7) is 0. The Hall–Kier alpha value is -0.370. The summed E-state index contributed by atoms with van der Waals surface area (Å²) in [6, 6.07) is 0. The Morgan fingerprint density at radius 2 is 2.62 bits per heavy atom. The van der Waals surface area contributed by atoms with E-state index in [1.807, 2.05) is 6.21 Å². The Bertz CT molecular complexity index is 122. The molecule has 0 radical (unpaired) electrons. The Morgan fingerprint density at radius 1 is 1.62 bits per heavy atom. The van der Waals surface area contributed by atoms with Crippen molar-refractivity contribution in [3.05, 3.63) is 0 Å². The first-order valence-corrected chi connectivity index (χ1v) is 3.14. The van der Waals surface area contributed by atoms with Gasteiger partial charge in [0.2, 0.25) is 0 Å². The maximum atomic E-state index is 5.16. The SMILES string of the molecule is C1=NC2OC2CCC1. The van der Waals surface area contributed by atoms with Gasteiger partial charge in [0.05, 0.1) is 0 Å². The van der Waals surface area contributed by atoms with Gasteiger partial charge in [-0.2, -0.15) is 0 Å². The van der Waals surface area contributed by atoms with Gasteiger partial charge in [-0.3, -0.25) is 4.99 Å². The molecule has 2 rings (SSSR count). The summed E-state index contributed by atoms with van der Waals surface area (Å²) in [4.78, 5) is 4.15. The van der Waals surface area contributed by atoms with E-state index in [1.54, 1.807) is 0 Å². The van der Waals surface area contributed by atoms with Gasteiger partial charge >= 0.3 is 0 Å². The fourth-order valence-corrected chi connectivity index (χ4v) is 1.06. The van der Waals surface area contributed by atoms with Gasteiger partial charge in [0, 0.05) is 6.21 Å². The Kier molecular flexibility index (Phi) is 0.875. The van der Waals surface area contributed by atoms with Crippen LogP contribution < -0.4 is 0 Å². The third-order valence-corrected chi connectivity index (χ3v) is 1.63. The number of hydrogen-bond acceptors (Lipinski definition) is 2. The lowest BCUT2D eigenvalue weighted by Gasteiger charge is -1.85. The second-order valence-corrected chi connectivity index (χ2v) is 2.33. The fraction of sp³-hybridized carbons (Fsp3) is 0.833. The summed E-state index contributed by atoms with van der Waals surface area (Å²) in [5, 5.41) is 0. The van der Waals surface area contributed by atoms with E-state index in [4.69, 9.17) is 4.74 Å². The van der Waals surface area contributed by atoms with E-state index in [0.29, 0.717) is 6.10 Å². The smallest absolute Gasteiger partial charge is 0.174 e. The second kappa shape index (κ2) is 1.55. The first-order valence-electron chi connectivity index (χ1n) is 3.14. The number of rotatable bonds is 0. The summed E-state index contributed by atoms with van der Waals surface area (Å²) >= 11 is 0. The third-order valence-electron chi connectivity index (χ3n) is 1.63. The lowest BCUT2D eigenvalue weighted by molar-refractivity contribution is 0.361. The van der Waals surface area contributed by atoms with Crippen LogP contribution in [0.4, 0.5) is 0 Å². The molecule has 0 aromatic rings. The molecule has 0 saturated carbocycles. The van der Waals surface area contributed by atoms with E-state index in [0.717, 1.165) is 6.42 Å². The minimum atomic E-state index is 0.262. The van der Waals surface area contributed by atoms with Crippen molar-refractivity contribution in [2.75, 3.05) is 0 Å². The minimum Gasteiger partial charge on any atom is -0.346 e. The van der Waals surface area contributed by atoms with E-state index in [-0.39, 0.29) is 6.23 Å². The van der Waals surface area contributed by atoms with Gasteiger partial charge in [-0.1, -0.05) is 0 Å². The van der Waals surface area contributed by atoms with E-state index in [1.165, 1.54) is 12.8 Å². The van der Waals surface area contributed by atoms with Crippen molar-refractivity contribution < 1.29 is 4.74 Å². The Balaban J connectivity index is 2.03. The van der Waals surface area contributed by atoms with Gasteiger partial charge in [0.15, 0.2) is 6.23 Å². The van der Waals surface area contributed by atoms with Crippen molar-refractivity contribution in [1.29, 1.82) is 0 Å². The topological polar surface area (TPSA) is 24.9 Å². The number of epoxide rings is 1. The number of ether oxygens (including phenoxy) is 1. The number of aliphatic imine (C=N–C) groups is 1. The normalized spacial score (nSPS) is 43.0. The quantitative estimate of drug-likeness (QED) is 0.427. The Morgan fingerprint density at radius 3 is 3.62 bits per heavy atom. The molecular weight excluding hydrogens is 102 g/mol. The molecule has 0 N–H and O–H groups in total. The van der Waals surface area contributed by atoms with Crippen LogP contribution in [0.15, 0.2) is 4.99 Å². The molecule has 44 valence electrons. The van der Waals surface area contributed by atoms with Crippen molar-refractivity contribution in [2.24, 2.45) is 4.99 Å². The molecule has 2 atom stereocenters. The van der Waals surface area contributed by atoms with E-state index in [9.17, 15) is 0 Å². The van der Waals surface area contributed by atoms with Gasteiger partial charge in [-0.05, 0) is 19.3 Å². The number of nitrogens with zero attached hydrogens (tertiary/aromatic N) is 1. The monoisotopic (exact) mass is 111 g/mol. The highest BCUT2D eigenvalue weighted by molar-refractivity contribution is 5.58. The van der Waals surface area contributed by atoms with E-state index < -0.39 is 0 Å². The predicted octanol–water partition coefficient (Wildman–Crippen LogP) is 0.966. The van der Waals surface area contributed by atoms with Crippen LogP contribution in [0, 0.1) is 0 Å². The molecule has 1 saturated heterocycles. The average Bonchev–Trinajstić information content (AvgIpc) is 2.36. The predicted molar refractivity (Wildman–Crippen MR) is 31.0 cm³/mol. The molecule has 8 heavy (non-hydrogen) atoms. The van der Waals surface area contributed by atoms with Gasteiger partial charge < -0.3 is 4.74 Å². The lowest BCUT2D eigenvalue weighted by atomic mass is 10.2. The van der Waals surface area contributed by atoms with Crippen molar-refractivity contribution in [3.8, 4) is 0 Å². The van der Waals surface area contributed by atoms with Crippen LogP contribution in [-0.2, 0) is 4.74 Å². The maximum absolute atomic E-state index is 5.16. The third kappa shape index (κ3) is 0.650. The zero-order chi connectivity index (χ0) is 5.40. The highest BCUT2D eigenvalue weighted by atomic mass is 16.6. The molecular formula is C6H9NO. The molecule has 0 aromatic carbocycles. The number of fused-ring (bicyclic) bond motifs is 1. The molecule has 2 heterocycles. The van der Waals surface area contributed by atoms with E-state index >= 15 is 0 Å². The fourth-order valence-electron chi connectivity index (χ4n) is 1.06. The van der Waals surface area contributed by atoms with Crippen LogP contribution in [0.3, 0.4) is 0 Å². The summed E-state index contributed by atoms with van der Waals surface area (Å²) < 4.78 is 5.16. The molecule has 2 heteroatoms. The summed E-state index contributed by atoms with van der Waals surface area (Å²) in [6.07, 6.45) is 6.36. The molecule has 0 aliphatic carbocycles. The van der Waals surface area contributed by atoms with Crippen molar-refractivity contribution in [3.63, 3.8) is 0 Å². The molecule has 1 fully saturated rings. The first-order chi connectivity index (χ1) is 3.97. The molecule has 0 amide bonds. The lowest BCUT2D eigenvalue weighted by Crippen LogP contribution is -1.85. The molecule has 2 unspecified atom stereocenters. The van der Waals surface area contributed by atoms with Gasteiger partial charge in [0.25, 0.3) is 0 Å². The standard InChI is InChI=1S/C6H9NO/c1-2-4-7-6-5(3-1)8-6/h4-6H,1-3H2. The van der Waals surface area contributed by atoms with Gasteiger partial charge in [-0.15, -0.1) is 0 Å². The molecule has 2 nitrogen and oxygen atoms in total. The van der Waals surface area contributed by atoms with Crippen LogP contribution >= 0.6 is 0 Å². The molecule has 0 bridgehead atoms. The molecule has 2 aliphatic rings. The zero-order valence-corrected chi connectivity index (χ0v) is 4.71. The highest BCUT2D eigenvalue weighted by Gasteiger charge is 2.38. The van der Waals surface area contributed by atoms with Gasteiger partial charge in [-0.25, -0.2) is 0 Å². The second-order valence-electron chi connectivity index (χ2n) is 2.33. The van der Waals surface area contributed by atoms with Crippen LogP contribution in [0.5, 0.6) is 0 Å². The molecule has 2 aliphatic heterocycles. The van der Waals surface area contributed by atoms with Crippen molar-refractivity contribution in [2.45, 2.75) is 31.6 Å². The minimum absolute atomic E-state index is 0.262. The van der Waals surface area contributed by atoms with Crippen molar-refractivity contribution in [1.82, 2.24) is 0 Å². The zero-order valence-electron chi connectivity index (χ0n) is 4.71. The number of hydrogen-bond donors (Lipinski definition) is 0. The van der Waals surface area contributed by atoms with Crippen LogP contribution in [0.1, 0.15) is 19.3 Å². The maximum Gasteiger partial charge on any atom is 0.174 e. The molecule has 0 spiro atoms. The Labute approximate surface area is 48.6 Å².